The predicted octanol–water partition coefficient (Wildman–Crippen LogP) is 3.70. The molecule has 0 atom stereocenters. The van der Waals surface area contributed by atoms with Gasteiger partial charge < -0.3 is 9.42 Å². The van der Waals surface area contributed by atoms with Gasteiger partial charge in [0.05, 0.1) is 5.69 Å². The Labute approximate surface area is 171 Å². The summed E-state index contributed by atoms with van der Waals surface area (Å²) in [4.78, 5) is 22.2. The maximum Gasteiger partial charge on any atom is 0.259 e. The Hall–Kier alpha value is -2.99. The number of carbonyl (C=O) groups excluding carboxylic acids is 1. The summed E-state index contributed by atoms with van der Waals surface area (Å²) < 4.78 is 5.39. The highest BCUT2D eigenvalue weighted by atomic mass is 16.5. The summed E-state index contributed by atoms with van der Waals surface area (Å²) in [5.41, 5.74) is 4.20. The van der Waals surface area contributed by atoms with E-state index in [1.807, 2.05) is 54.3 Å². The fourth-order valence-electron chi connectivity index (χ4n) is 3.82. The van der Waals surface area contributed by atoms with Gasteiger partial charge in [0.1, 0.15) is 17.0 Å². The largest absolute Gasteiger partial charge is 0.360 e. The monoisotopic (exact) mass is 390 g/mol. The van der Waals surface area contributed by atoms with Crippen LogP contribution in [0.25, 0.3) is 11.3 Å². The van der Waals surface area contributed by atoms with Gasteiger partial charge in [0.15, 0.2) is 0 Å². The van der Waals surface area contributed by atoms with Crippen molar-refractivity contribution in [2.45, 2.75) is 26.8 Å². The van der Waals surface area contributed by atoms with Crippen molar-refractivity contribution in [3.8, 4) is 11.3 Å². The summed E-state index contributed by atoms with van der Waals surface area (Å²) in [5, 5.41) is 4.16. The van der Waals surface area contributed by atoms with Crippen LogP contribution in [0.3, 0.4) is 0 Å². The molecule has 4 rings (SSSR count). The van der Waals surface area contributed by atoms with E-state index in [0.717, 1.165) is 49.6 Å². The molecular formula is C23H26N4O2. The lowest BCUT2D eigenvalue weighted by molar-refractivity contribution is 0.0760. The zero-order chi connectivity index (χ0) is 20.2. The van der Waals surface area contributed by atoms with E-state index in [4.69, 9.17) is 4.52 Å². The molecule has 0 aliphatic carbocycles. The third kappa shape index (κ3) is 4.38. The molecule has 1 fully saturated rings. The van der Waals surface area contributed by atoms with Crippen molar-refractivity contribution in [1.29, 1.82) is 0 Å². The van der Waals surface area contributed by atoms with Crippen LogP contribution in [0.2, 0.25) is 0 Å². The summed E-state index contributed by atoms with van der Waals surface area (Å²) in [6.07, 6.45) is 0.933. The molecule has 1 saturated heterocycles. The van der Waals surface area contributed by atoms with Gasteiger partial charge in [0.2, 0.25) is 0 Å². The molecule has 0 saturated carbocycles. The Balaban J connectivity index is 1.47. The number of aryl methyl sites for hydroxylation is 2. The first kappa shape index (κ1) is 19.3. The van der Waals surface area contributed by atoms with Crippen LogP contribution in [0, 0.1) is 13.8 Å². The molecule has 1 amide bonds. The quantitative estimate of drug-likeness (QED) is 0.680. The van der Waals surface area contributed by atoms with Crippen molar-refractivity contribution in [3.63, 3.8) is 0 Å². The van der Waals surface area contributed by atoms with Gasteiger partial charge in [-0.2, -0.15) is 0 Å². The molecule has 3 aromatic rings. The zero-order valence-corrected chi connectivity index (χ0v) is 17.0. The second-order valence-corrected chi connectivity index (χ2v) is 7.52. The smallest absolute Gasteiger partial charge is 0.259 e. The van der Waals surface area contributed by atoms with Gasteiger partial charge in [-0.1, -0.05) is 41.6 Å². The summed E-state index contributed by atoms with van der Waals surface area (Å²) in [6, 6.07) is 15.9. The number of nitrogens with zero attached hydrogens (tertiary/aromatic N) is 4. The first-order chi connectivity index (χ1) is 14.1. The molecule has 6 heteroatoms. The van der Waals surface area contributed by atoms with Gasteiger partial charge in [0, 0.05) is 44.0 Å². The average Bonchev–Trinajstić information content (AvgIpc) is 2.96. The van der Waals surface area contributed by atoms with Gasteiger partial charge in [-0.15, -0.1) is 0 Å². The van der Waals surface area contributed by atoms with E-state index in [1.54, 1.807) is 6.92 Å². The van der Waals surface area contributed by atoms with Crippen molar-refractivity contribution < 1.29 is 9.32 Å². The van der Waals surface area contributed by atoms with Crippen molar-refractivity contribution >= 4 is 5.91 Å². The Bertz CT molecular complexity index is 984. The highest BCUT2D eigenvalue weighted by Gasteiger charge is 2.27. The van der Waals surface area contributed by atoms with E-state index < -0.39 is 0 Å². The van der Waals surface area contributed by atoms with Gasteiger partial charge in [-0.25, -0.2) is 0 Å². The van der Waals surface area contributed by atoms with Crippen molar-refractivity contribution in [2.24, 2.45) is 0 Å². The van der Waals surface area contributed by atoms with Gasteiger partial charge in [0.25, 0.3) is 5.91 Å². The van der Waals surface area contributed by atoms with Crippen LogP contribution in [0.5, 0.6) is 0 Å². The van der Waals surface area contributed by atoms with E-state index in [9.17, 15) is 4.79 Å². The minimum atomic E-state index is -0.00173. The Morgan fingerprint density at radius 2 is 1.83 bits per heavy atom. The maximum atomic E-state index is 13.3. The van der Waals surface area contributed by atoms with Crippen molar-refractivity contribution in [1.82, 2.24) is 19.9 Å². The van der Waals surface area contributed by atoms with E-state index in [1.165, 1.54) is 0 Å². The Morgan fingerprint density at radius 1 is 1.00 bits per heavy atom. The van der Waals surface area contributed by atoms with Gasteiger partial charge >= 0.3 is 0 Å². The molecule has 150 valence electrons. The van der Waals surface area contributed by atoms with Crippen molar-refractivity contribution in [2.75, 3.05) is 26.2 Å². The molecule has 1 aliphatic rings. The van der Waals surface area contributed by atoms with Crippen LogP contribution in [-0.4, -0.2) is 52.0 Å². The molecular weight excluding hydrogens is 364 g/mol. The van der Waals surface area contributed by atoms with Crippen LogP contribution in [0.1, 0.15) is 33.9 Å². The number of pyridine rings is 1. The van der Waals surface area contributed by atoms with Crippen molar-refractivity contribution in [3.05, 3.63) is 71.2 Å². The van der Waals surface area contributed by atoms with E-state index in [2.05, 4.69) is 21.1 Å². The van der Waals surface area contributed by atoms with E-state index >= 15 is 0 Å². The van der Waals surface area contributed by atoms with Crippen LogP contribution in [0.4, 0.5) is 0 Å². The first-order valence-corrected chi connectivity index (χ1v) is 10.1. The number of rotatable bonds is 4. The minimum absolute atomic E-state index is 0.00173. The van der Waals surface area contributed by atoms with Crippen LogP contribution in [0.15, 0.2) is 53.1 Å². The number of hydrogen-bond acceptors (Lipinski definition) is 5. The van der Waals surface area contributed by atoms with Gasteiger partial charge in [-0.3, -0.25) is 14.7 Å². The number of benzene rings is 1. The third-order valence-electron chi connectivity index (χ3n) is 5.33. The number of hydrogen-bond donors (Lipinski definition) is 0. The molecule has 1 aromatic carbocycles. The lowest BCUT2D eigenvalue weighted by Crippen LogP contribution is -2.35. The summed E-state index contributed by atoms with van der Waals surface area (Å²) in [7, 11) is 0. The second kappa shape index (κ2) is 8.57. The summed E-state index contributed by atoms with van der Waals surface area (Å²) in [5.74, 6) is 0.567. The fourth-order valence-corrected chi connectivity index (χ4v) is 3.82. The molecule has 0 N–H and O–H groups in total. The molecule has 29 heavy (non-hydrogen) atoms. The standard InChI is InChI=1S/C23H26N4O2/c1-17-8-6-11-20(24-17)16-26-12-7-13-27(15-14-26)23(28)21-18(2)29-25-22(21)19-9-4-3-5-10-19/h3-6,8-11H,7,12-16H2,1-2H3. The average molecular weight is 390 g/mol. The van der Waals surface area contributed by atoms with Crippen LogP contribution in [-0.2, 0) is 6.54 Å². The lowest BCUT2D eigenvalue weighted by Gasteiger charge is -2.22. The van der Waals surface area contributed by atoms with Crippen LogP contribution < -0.4 is 0 Å². The molecule has 6 nitrogen and oxygen atoms in total. The number of aromatic nitrogens is 2. The first-order valence-electron chi connectivity index (χ1n) is 10.1. The topological polar surface area (TPSA) is 62.5 Å². The second-order valence-electron chi connectivity index (χ2n) is 7.52. The molecule has 0 radical (unpaired) electrons. The Kier molecular flexibility index (Phi) is 5.71. The third-order valence-corrected chi connectivity index (χ3v) is 5.33. The molecule has 3 heterocycles. The molecule has 1 aliphatic heterocycles. The lowest BCUT2D eigenvalue weighted by atomic mass is 10.1. The number of carbonyl (C=O) groups is 1. The number of amides is 1. The normalized spacial score (nSPS) is 15.3. The molecule has 0 bridgehead atoms. The predicted molar refractivity (Wildman–Crippen MR) is 111 cm³/mol. The highest BCUT2D eigenvalue weighted by Crippen LogP contribution is 2.26. The minimum Gasteiger partial charge on any atom is -0.360 e. The molecule has 2 aromatic heterocycles. The summed E-state index contributed by atoms with van der Waals surface area (Å²) >= 11 is 0. The maximum absolute atomic E-state index is 13.3. The molecule has 0 spiro atoms. The fraction of sp³-hybridized carbons (Fsp3) is 0.348. The summed E-state index contributed by atoms with van der Waals surface area (Å²) in [6.45, 7) is 7.82. The SMILES string of the molecule is Cc1cccc(CN2CCCN(C(=O)c3c(-c4ccccc4)noc3C)CC2)n1. The molecule has 0 unspecified atom stereocenters. The van der Waals surface area contributed by atoms with Crippen LogP contribution >= 0.6 is 0 Å². The van der Waals surface area contributed by atoms with E-state index in [0.29, 0.717) is 23.6 Å². The Morgan fingerprint density at radius 3 is 2.62 bits per heavy atom. The van der Waals surface area contributed by atoms with E-state index in [-0.39, 0.29) is 5.91 Å². The zero-order valence-electron chi connectivity index (χ0n) is 17.0. The van der Waals surface area contributed by atoms with Gasteiger partial charge in [-0.05, 0) is 32.4 Å². The highest BCUT2D eigenvalue weighted by molar-refractivity contribution is 6.00.